The number of benzene rings is 1. The van der Waals surface area contributed by atoms with Crippen LogP contribution < -0.4 is 16.0 Å². The molecule has 3 aliphatic heterocycles. The van der Waals surface area contributed by atoms with E-state index < -0.39 is 23.6 Å². The van der Waals surface area contributed by atoms with Gasteiger partial charge in [-0.2, -0.15) is 0 Å². The Morgan fingerprint density at radius 2 is 0.926 bits per heavy atom. The monoisotopic (exact) mass is 365 g/mol. The summed E-state index contributed by atoms with van der Waals surface area (Å²) in [6.07, 6.45) is 4.75. The lowest BCUT2D eigenvalue weighted by Crippen LogP contribution is -2.23. The van der Waals surface area contributed by atoms with Crippen LogP contribution >= 0.6 is 0 Å². The lowest BCUT2D eigenvalue weighted by Gasteiger charge is -2.08. The van der Waals surface area contributed by atoms with E-state index in [1.165, 1.54) is 24.3 Å². The molecule has 134 valence electrons. The summed E-state index contributed by atoms with van der Waals surface area (Å²) in [4.78, 5) is 66.0. The first kappa shape index (κ1) is 17.7. The lowest BCUT2D eigenvalue weighted by molar-refractivity contribution is -0.125. The molecular weight excluding hydrogens is 354 g/mol. The second kappa shape index (κ2) is 7.00. The Labute approximate surface area is 151 Å². The lowest BCUT2D eigenvalue weighted by atomic mass is 9.94. The maximum absolute atomic E-state index is 11.7. The molecule has 1 aromatic carbocycles. The molecule has 9 heteroatoms. The third kappa shape index (κ3) is 3.76. The van der Waals surface area contributed by atoms with Gasteiger partial charge in [-0.15, -0.1) is 0 Å². The van der Waals surface area contributed by atoms with E-state index in [-0.39, 0.29) is 23.0 Å². The van der Waals surface area contributed by atoms with Crippen molar-refractivity contribution in [1.29, 1.82) is 0 Å². The van der Waals surface area contributed by atoms with Crippen LogP contribution in [0.2, 0.25) is 0 Å². The summed E-state index contributed by atoms with van der Waals surface area (Å²) in [5.41, 5.74) is 1.23. The Balaban J connectivity index is 0.000000253. The van der Waals surface area contributed by atoms with Gasteiger partial charge in [0.05, 0.1) is 11.1 Å². The number of hydrogen-bond acceptors (Lipinski definition) is 6. The van der Waals surface area contributed by atoms with Crippen LogP contribution in [-0.4, -0.2) is 35.4 Å². The molecule has 0 atom stereocenters. The molecule has 0 radical (unpaired) electrons. The molecule has 0 aliphatic carbocycles. The highest BCUT2D eigenvalue weighted by molar-refractivity contribution is 6.37. The first-order chi connectivity index (χ1) is 12.8. The first-order valence-corrected chi connectivity index (χ1v) is 7.62. The number of carbonyl (C=O) groups excluding carboxylic acids is 6. The summed E-state index contributed by atoms with van der Waals surface area (Å²) >= 11 is 0. The van der Waals surface area contributed by atoms with E-state index in [4.69, 9.17) is 0 Å². The largest absolute Gasteiger partial charge is 0.289 e. The molecule has 0 bridgehead atoms. The van der Waals surface area contributed by atoms with Crippen molar-refractivity contribution in [3.05, 3.63) is 59.7 Å². The van der Waals surface area contributed by atoms with Gasteiger partial charge in [0.15, 0.2) is 0 Å². The predicted molar refractivity (Wildman–Crippen MR) is 91.0 cm³/mol. The Morgan fingerprint density at radius 3 is 1.19 bits per heavy atom. The molecule has 0 saturated carbocycles. The summed E-state index contributed by atoms with van der Waals surface area (Å²) in [5.74, 6) is -2.70. The molecular formula is C18H11N3O6. The predicted octanol–water partition coefficient (Wildman–Crippen LogP) is -1.03. The van der Waals surface area contributed by atoms with Crippen molar-refractivity contribution in [3.63, 3.8) is 0 Å². The van der Waals surface area contributed by atoms with E-state index in [2.05, 4.69) is 10.6 Å². The van der Waals surface area contributed by atoms with Gasteiger partial charge in [-0.25, -0.2) is 0 Å². The minimum absolute atomic E-state index is 0.179. The average Bonchev–Trinajstić information content (AvgIpc) is 3.26. The highest BCUT2D eigenvalue weighted by Gasteiger charge is 2.28. The van der Waals surface area contributed by atoms with Crippen LogP contribution in [0, 0.1) is 0 Å². The molecule has 4 rings (SSSR count). The standard InChI is InChI=1S/C14H8N2O4.C4H3NO2/c17-11-5-9(13(19)15-11)7-3-1-2-4-8(7)10-6-12(18)16-14(10)20;6-3-1-2-4(7)5-3/h1-6H,(H,15,17,19)(H,16,18,20);1-2H,(H,5,6,7). The first-order valence-electron chi connectivity index (χ1n) is 7.62. The van der Waals surface area contributed by atoms with Crippen LogP contribution in [0.25, 0.3) is 11.1 Å². The number of hydrogen-bond donors (Lipinski definition) is 3. The van der Waals surface area contributed by atoms with Gasteiger partial charge in [0, 0.05) is 24.3 Å². The highest BCUT2D eigenvalue weighted by atomic mass is 16.2. The zero-order chi connectivity index (χ0) is 19.6. The molecule has 0 aromatic heterocycles. The summed E-state index contributed by atoms with van der Waals surface area (Å²) in [6, 6.07) is 6.61. The summed E-state index contributed by atoms with van der Waals surface area (Å²) in [6.45, 7) is 0. The van der Waals surface area contributed by atoms with Gasteiger partial charge in [-0.05, 0) is 11.1 Å². The maximum atomic E-state index is 11.7. The third-order valence-corrected chi connectivity index (χ3v) is 3.65. The van der Waals surface area contributed by atoms with E-state index in [0.717, 1.165) is 0 Å². The van der Waals surface area contributed by atoms with E-state index in [0.29, 0.717) is 11.1 Å². The van der Waals surface area contributed by atoms with Gasteiger partial charge in [0.1, 0.15) is 0 Å². The third-order valence-electron chi connectivity index (χ3n) is 3.65. The summed E-state index contributed by atoms with van der Waals surface area (Å²) in [7, 11) is 0. The van der Waals surface area contributed by atoms with Gasteiger partial charge < -0.3 is 0 Å². The molecule has 3 aliphatic rings. The van der Waals surface area contributed by atoms with Crippen molar-refractivity contribution in [2.45, 2.75) is 0 Å². The normalized spacial score (nSPS) is 17.8. The van der Waals surface area contributed by atoms with E-state index in [1.54, 1.807) is 24.3 Å². The van der Waals surface area contributed by atoms with Crippen LogP contribution in [0.3, 0.4) is 0 Å². The van der Waals surface area contributed by atoms with Gasteiger partial charge in [-0.3, -0.25) is 44.7 Å². The number of imide groups is 3. The fraction of sp³-hybridized carbons (Fsp3) is 0. The fourth-order valence-electron chi connectivity index (χ4n) is 2.53. The quantitative estimate of drug-likeness (QED) is 0.573. The van der Waals surface area contributed by atoms with Crippen LogP contribution in [0.15, 0.2) is 48.6 Å². The van der Waals surface area contributed by atoms with Crippen LogP contribution in [0.5, 0.6) is 0 Å². The van der Waals surface area contributed by atoms with E-state index in [1.807, 2.05) is 5.32 Å². The van der Waals surface area contributed by atoms with Crippen molar-refractivity contribution in [1.82, 2.24) is 16.0 Å². The summed E-state index contributed by atoms with van der Waals surface area (Å²) < 4.78 is 0. The SMILES string of the molecule is O=C1C=C(c2ccccc2C2=CC(=O)NC2=O)C(=O)N1.O=C1C=CC(=O)N1. The van der Waals surface area contributed by atoms with E-state index in [9.17, 15) is 28.8 Å². The second-order valence-corrected chi connectivity index (χ2v) is 5.49. The molecule has 0 fully saturated rings. The van der Waals surface area contributed by atoms with Crippen molar-refractivity contribution < 1.29 is 28.8 Å². The zero-order valence-corrected chi connectivity index (χ0v) is 13.6. The van der Waals surface area contributed by atoms with Crippen molar-refractivity contribution >= 4 is 46.6 Å². The molecule has 0 saturated heterocycles. The van der Waals surface area contributed by atoms with Crippen molar-refractivity contribution in [3.8, 4) is 0 Å². The Bertz CT molecular complexity index is 937. The minimum atomic E-state index is -0.521. The van der Waals surface area contributed by atoms with Gasteiger partial charge >= 0.3 is 0 Å². The molecule has 27 heavy (non-hydrogen) atoms. The van der Waals surface area contributed by atoms with Crippen LogP contribution in [0.4, 0.5) is 0 Å². The number of amides is 6. The van der Waals surface area contributed by atoms with Crippen molar-refractivity contribution in [2.24, 2.45) is 0 Å². The van der Waals surface area contributed by atoms with Gasteiger partial charge in [-0.1, -0.05) is 24.3 Å². The minimum Gasteiger partial charge on any atom is -0.289 e. The number of carbonyl (C=O) groups is 6. The second-order valence-electron chi connectivity index (χ2n) is 5.49. The molecule has 9 nitrogen and oxygen atoms in total. The Hall–Kier alpha value is -4.14. The Kier molecular flexibility index (Phi) is 4.58. The molecule has 6 amide bonds. The summed E-state index contributed by atoms with van der Waals surface area (Å²) in [5, 5.41) is 6.32. The topological polar surface area (TPSA) is 139 Å². The molecule has 3 N–H and O–H groups in total. The highest BCUT2D eigenvalue weighted by Crippen LogP contribution is 2.28. The van der Waals surface area contributed by atoms with Gasteiger partial charge in [0.2, 0.25) is 0 Å². The fourth-order valence-corrected chi connectivity index (χ4v) is 2.53. The van der Waals surface area contributed by atoms with Gasteiger partial charge in [0.25, 0.3) is 35.4 Å². The molecule has 1 aromatic rings. The molecule has 3 heterocycles. The van der Waals surface area contributed by atoms with Crippen LogP contribution in [0.1, 0.15) is 11.1 Å². The molecule has 0 unspecified atom stereocenters. The maximum Gasteiger partial charge on any atom is 0.258 e. The molecule has 0 spiro atoms. The Morgan fingerprint density at radius 1 is 0.519 bits per heavy atom. The van der Waals surface area contributed by atoms with Crippen LogP contribution in [-0.2, 0) is 28.8 Å². The van der Waals surface area contributed by atoms with E-state index >= 15 is 0 Å². The smallest absolute Gasteiger partial charge is 0.258 e. The van der Waals surface area contributed by atoms with Crippen molar-refractivity contribution in [2.75, 3.05) is 0 Å². The average molecular weight is 365 g/mol. The number of rotatable bonds is 2. The number of nitrogens with one attached hydrogen (secondary N) is 3. The zero-order valence-electron chi connectivity index (χ0n) is 13.6.